The first-order chi connectivity index (χ1) is 13.2. The minimum atomic E-state index is -0.0669. The van der Waals surface area contributed by atoms with Crippen molar-refractivity contribution in [1.82, 2.24) is 4.90 Å². The van der Waals surface area contributed by atoms with E-state index in [1.807, 2.05) is 17.0 Å². The molecule has 5 nitrogen and oxygen atoms in total. The van der Waals surface area contributed by atoms with Gasteiger partial charge in [0, 0.05) is 19.7 Å². The van der Waals surface area contributed by atoms with Crippen LogP contribution in [-0.2, 0) is 11.2 Å². The van der Waals surface area contributed by atoms with Gasteiger partial charge < -0.3 is 18.8 Å². The van der Waals surface area contributed by atoms with Crippen LogP contribution in [0.4, 0.5) is 0 Å². The fourth-order valence-electron chi connectivity index (χ4n) is 4.43. The third kappa shape index (κ3) is 4.03. The van der Waals surface area contributed by atoms with Crippen molar-refractivity contribution < 1.29 is 18.7 Å². The summed E-state index contributed by atoms with van der Waals surface area (Å²) in [5.41, 5.74) is 1.92. The summed E-state index contributed by atoms with van der Waals surface area (Å²) in [4.78, 5) is 14.4. The zero-order valence-corrected chi connectivity index (χ0v) is 15.9. The molecule has 1 aromatic carbocycles. The van der Waals surface area contributed by atoms with Crippen LogP contribution in [0.3, 0.4) is 0 Å². The maximum atomic E-state index is 12.5. The Morgan fingerprint density at radius 3 is 2.67 bits per heavy atom. The average Bonchev–Trinajstić information content (AvgIpc) is 3.24. The van der Waals surface area contributed by atoms with Gasteiger partial charge in [-0.2, -0.15) is 0 Å². The van der Waals surface area contributed by atoms with E-state index in [1.54, 1.807) is 19.4 Å². The number of benzene rings is 1. The van der Waals surface area contributed by atoms with Crippen molar-refractivity contribution in [1.29, 1.82) is 0 Å². The predicted octanol–water partition coefficient (Wildman–Crippen LogP) is 3.93. The lowest BCUT2D eigenvalue weighted by Crippen LogP contribution is -2.51. The summed E-state index contributed by atoms with van der Waals surface area (Å²) in [6.45, 7) is 2.31. The Hall–Kier alpha value is -2.27. The van der Waals surface area contributed by atoms with Gasteiger partial charge in [0.05, 0.1) is 24.5 Å². The number of amides is 1. The Balaban J connectivity index is 1.34. The van der Waals surface area contributed by atoms with Crippen LogP contribution in [0, 0.1) is 5.92 Å². The standard InChI is InChI=1S/C22H27NO4/c1-25-20-4-2-17(3-5-20)14-18-6-13-27-22(15-18)8-10-23(11-9-22)21(24)19-7-12-26-16-19/h2-5,7,12,16,18H,6,8-11,13-15H2,1H3. The van der Waals surface area contributed by atoms with Crippen molar-refractivity contribution >= 4 is 5.91 Å². The Morgan fingerprint density at radius 1 is 1.22 bits per heavy atom. The zero-order chi connectivity index (χ0) is 18.7. The molecule has 2 aromatic rings. The van der Waals surface area contributed by atoms with Crippen LogP contribution in [0.15, 0.2) is 47.3 Å². The maximum Gasteiger partial charge on any atom is 0.257 e. The summed E-state index contributed by atoms with van der Waals surface area (Å²) in [6, 6.07) is 10.1. The third-order valence-electron chi connectivity index (χ3n) is 6.01. The number of carbonyl (C=O) groups excluding carboxylic acids is 1. The number of methoxy groups -OCH3 is 1. The van der Waals surface area contributed by atoms with Gasteiger partial charge in [-0.05, 0) is 61.8 Å². The van der Waals surface area contributed by atoms with Gasteiger partial charge in [-0.15, -0.1) is 0 Å². The number of ether oxygens (including phenoxy) is 2. The number of hydrogen-bond donors (Lipinski definition) is 0. The van der Waals surface area contributed by atoms with Crippen molar-refractivity contribution in [2.45, 2.75) is 37.7 Å². The van der Waals surface area contributed by atoms with Crippen LogP contribution in [0.1, 0.15) is 41.6 Å². The molecule has 2 aliphatic rings. The molecule has 1 atom stereocenters. The Kier molecular flexibility index (Phi) is 5.21. The Morgan fingerprint density at radius 2 is 2.00 bits per heavy atom. The molecule has 2 saturated heterocycles. The molecule has 144 valence electrons. The molecule has 0 aliphatic carbocycles. The highest BCUT2D eigenvalue weighted by atomic mass is 16.5. The highest BCUT2D eigenvalue weighted by Crippen LogP contribution is 2.39. The van der Waals surface area contributed by atoms with Gasteiger partial charge in [0.25, 0.3) is 5.91 Å². The lowest BCUT2D eigenvalue weighted by Gasteiger charge is -2.46. The molecule has 3 heterocycles. The van der Waals surface area contributed by atoms with Gasteiger partial charge in [-0.3, -0.25) is 4.79 Å². The number of likely N-dealkylation sites (tertiary alicyclic amines) is 1. The van der Waals surface area contributed by atoms with Gasteiger partial charge in [-0.25, -0.2) is 0 Å². The molecule has 1 unspecified atom stereocenters. The van der Waals surface area contributed by atoms with Crippen LogP contribution in [0.2, 0.25) is 0 Å². The fourth-order valence-corrected chi connectivity index (χ4v) is 4.43. The van der Waals surface area contributed by atoms with Crippen molar-refractivity contribution in [2.24, 2.45) is 5.92 Å². The smallest absolute Gasteiger partial charge is 0.257 e. The van der Waals surface area contributed by atoms with E-state index in [0.717, 1.165) is 57.6 Å². The quantitative estimate of drug-likeness (QED) is 0.819. The first-order valence-electron chi connectivity index (χ1n) is 9.76. The van der Waals surface area contributed by atoms with E-state index in [-0.39, 0.29) is 11.5 Å². The molecule has 0 bridgehead atoms. The lowest BCUT2D eigenvalue weighted by atomic mass is 9.77. The van der Waals surface area contributed by atoms with Crippen molar-refractivity contribution in [3.63, 3.8) is 0 Å². The lowest BCUT2D eigenvalue weighted by molar-refractivity contribution is -0.123. The summed E-state index contributed by atoms with van der Waals surface area (Å²) in [5.74, 6) is 1.59. The summed E-state index contributed by atoms with van der Waals surface area (Å²) in [5, 5.41) is 0. The van der Waals surface area contributed by atoms with Gasteiger partial charge >= 0.3 is 0 Å². The monoisotopic (exact) mass is 369 g/mol. The molecule has 0 radical (unpaired) electrons. The van der Waals surface area contributed by atoms with E-state index in [2.05, 4.69) is 12.1 Å². The molecule has 1 aromatic heterocycles. The summed E-state index contributed by atoms with van der Waals surface area (Å²) >= 11 is 0. The van der Waals surface area contributed by atoms with Gasteiger partial charge in [-0.1, -0.05) is 12.1 Å². The van der Waals surface area contributed by atoms with Crippen molar-refractivity contribution in [3.8, 4) is 5.75 Å². The van der Waals surface area contributed by atoms with Crippen molar-refractivity contribution in [2.75, 3.05) is 26.8 Å². The molecular weight excluding hydrogens is 342 g/mol. The molecule has 0 saturated carbocycles. The second-order valence-corrected chi connectivity index (χ2v) is 7.75. The third-order valence-corrected chi connectivity index (χ3v) is 6.01. The van der Waals surface area contributed by atoms with Crippen LogP contribution < -0.4 is 4.74 Å². The molecule has 2 fully saturated rings. The number of carbonyl (C=O) groups is 1. The van der Waals surface area contributed by atoms with Crippen LogP contribution in [0.5, 0.6) is 5.75 Å². The molecule has 1 amide bonds. The van der Waals surface area contributed by atoms with Gasteiger partial charge in [0.15, 0.2) is 0 Å². The summed E-state index contributed by atoms with van der Waals surface area (Å²) < 4.78 is 16.5. The van der Waals surface area contributed by atoms with Crippen LogP contribution in [-0.4, -0.2) is 43.2 Å². The molecule has 1 spiro atoms. The number of rotatable bonds is 4. The highest BCUT2D eigenvalue weighted by Gasteiger charge is 2.41. The first kappa shape index (κ1) is 18.1. The highest BCUT2D eigenvalue weighted by molar-refractivity contribution is 5.93. The van der Waals surface area contributed by atoms with E-state index in [4.69, 9.17) is 13.9 Å². The van der Waals surface area contributed by atoms with E-state index in [0.29, 0.717) is 11.5 Å². The van der Waals surface area contributed by atoms with E-state index < -0.39 is 0 Å². The molecule has 0 N–H and O–H groups in total. The van der Waals surface area contributed by atoms with Gasteiger partial charge in [0.2, 0.25) is 0 Å². The molecule has 4 rings (SSSR count). The SMILES string of the molecule is COc1ccc(CC2CCOC3(CCN(C(=O)c4ccoc4)CC3)C2)cc1. The van der Waals surface area contributed by atoms with Gasteiger partial charge in [0.1, 0.15) is 12.0 Å². The number of hydrogen-bond acceptors (Lipinski definition) is 4. The molecule has 27 heavy (non-hydrogen) atoms. The molecule has 2 aliphatic heterocycles. The summed E-state index contributed by atoms with van der Waals surface area (Å²) in [7, 11) is 1.70. The van der Waals surface area contributed by atoms with Crippen LogP contribution in [0.25, 0.3) is 0 Å². The van der Waals surface area contributed by atoms with Crippen LogP contribution >= 0.6 is 0 Å². The minimum absolute atomic E-state index is 0.0594. The zero-order valence-electron chi connectivity index (χ0n) is 15.9. The number of furan rings is 1. The number of piperidine rings is 1. The van der Waals surface area contributed by atoms with E-state index in [1.165, 1.54) is 11.8 Å². The summed E-state index contributed by atoms with van der Waals surface area (Å²) in [6.07, 6.45) is 8.15. The molecule has 5 heteroatoms. The Bertz CT molecular complexity index is 745. The van der Waals surface area contributed by atoms with E-state index in [9.17, 15) is 4.79 Å². The second kappa shape index (κ2) is 7.77. The van der Waals surface area contributed by atoms with Crippen molar-refractivity contribution in [3.05, 3.63) is 54.0 Å². The van der Waals surface area contributed by atoms with E-state index >= 15 is 0 Å². The largest absolute Gasteiger partial charge is 0.497 e. The Labute approximate surface area is 160 Å². The number of nitrogens with zero attached hydrogens (tertiary/aromatic N) is 1. The second-order valence-electron chi connectivity index (χ2n) is 7.75. The average molecular weight is 369 g/mol. The maximum absolute atomic E-state index is 12.5. The fraction of sp³-hybridized carbons (Fsp3) is 0.500. The first-order valence-corrected chi connectivity index (χ1v) is 9.76. The minimum Gasteiger partial charge on any atom is -0.497 e. The molecular formula is C22H27NO4. The predicted molar refractivity (Wildman–Crippen MR) is 102 cm³/mol. The topological polar surface area (TPSA) is 51.9 Å². The normalized spacial score (nSPS) is 22.0.